The van der Waals surface area contributed by atoms with Crippen LogP contribution in [0.1, 0.15) is 24.0 Å². The van der Waals surface area contributed by atoms with Gasteiger partial charge in [0.2, 0.25) is 0 Å². The summed E-state index contributed by atoms with van der Waals surface area (Å²) < 4.78 is 0. The van der Waals surface area contributed by atoms with Gasteiger partial charge in [-0.3, -0.25) is 0 Å². The van der Waals surface area contributed by atoms with Crippen molar-refractivity contribution in [2.24, 2.45) is 0 Å². The Balaban J connectivity index is 0.000000653. The first-order chi connectivity index (χ1) is 5.91. The third-order valence-corrected chi connectivity index (χ3v) is 3.07. The molecule has 0 radical (unpaired) electrons. The van der Waals surface area contributed by atoms with Crippen LogP contribution >= 0.6 is 0 Å². The van der Waals surface area contributed by atoms with Crippen molar-refractivity contribution in [2.45, 2.75) is 24.8 Å². The molecular weight excluding hydrogens is 330 g/mol. The Morgan fingerprint density at radius 1 is 1.38 bits per heavy atom. The first-order valence-corrected chi connectivity index (χ1v) is 4.65. The molecule has 1 aliphatic heterocycles. The van der Waals surface area contributed by atoms with Gasteiger partial charge in [0.05, 0.1) is 0 Å². The van der Waals surface area contributed by atoms with E-state index in [0.29, 0.717) is 5.54 Å². The minimum absolute atomic E-state index is 0. The summed E-state index contributed by atoms with van der Waals surface area (Å²) in [6, 6.07) is 9.57. The van der Waals surface area contributed by atoms with E-state index in [-0.39, 0.29) is 21.1 Å². The van der Waals surface area contributed by atoms with Gasteiger partial charge < -0.3 is 5.32 Å². The summed E-state index contributed by atoms with van der Waals surface area (Å²) in [6.07, 6.45) is 3.82. The number of rotatable bonds is 0. The first-order valence-electron chi connectivity index (χ1n) is 4.65. The van der Waals surface area contributed by atoms with E-state index in [0.717, 1.165) is 6.54 Å². The van der Waals surface area contributed by atoms with Crippen LogP contribution in [0.3, 0.4) is 0 Å². The van der Waals surface area contributed by atoms with Crippen molar-refractivity contribution in [1.82, 2.24) is 5.32 Å². The van der Waals surface area contributed by atoms with E-state index >= 15 is 0 Å². The van der Waals surface area contributed by atoms with Crippen molar-refractivity contribution < 1.29 is 21.1 Å². The average Bonchev–Trinajstić information content (AvgIpc) is 2.87. The van der Waals surface area contributed by atoms with Gasteiger partial charge in [-0.25, -0.2) is 0 Å². The molecule has 13 heavy (non-hydrogen) atoms. The van der Waals surface area contributed by atoms with Crippen LogP contribution < -0.4 is 5.32 Å². The summed E-state index contributed by atoms with van der Waals surface area (Å²) in [5.74, 6) is 0. The summed E-state index contributed by atoms with van der Waals surface area (Å²) in [4.78, 5) is 0. The predicted octanol–water partition coefficient (Wildman–Crippen LogP) is 1.62. The molecule has 2 heteroatoms. The van der Waals surface area contributed by atoms with Crippen molar-refractivity contribution in [2.75, 3.05) is 6.54 Å². The number of benzene rings is 1. The monoisotopic (exact) mass is 342 g/mol. The van der Waals surface area contributed by atoms with Crippen molar-refractivity contribution in [1.29, 1.82) is 0 Å². The molecule has 1 fully saturated rings. The number of hydrogen-bond acceptors (Lipinski definition) is 1. The van der Waals surface area contributed by atoms with Crippen LogP contribution in [-0.2, 0) is 33.0 Å². The molecule has 1 aliphatic carbocycles. The first kappa shape index (κ1) is 9.42. The van der Waals surface area contributed by atoms with Gasteiger partial charge in [-0.05, 0) is 19.4 Å². The SMILES string of the molecule is [W].[c-]1ccc2c(c1)CCNC21CC1. The standard InChI is InChI=1S/C11H12N.W/c1-2-4-10-9(3-1)5-8-12-11(10)6-7-11;/h2-4,12H,5-8H2;/q-1;. The molecule has 1 heterocycles. The van der Waals surface area contributed by atoms with Crippen molar-refractivity contribution in [3.63, 3.8) is 0 Å². The number of hydrogen-bond donors (Lipinski definition) is 1. The van der Waals surface area contributed by atoms with Crippen molar-refractivity contribution in [3.8, 4) is 0 Å². The van der Waals surface area contributed by atoms with Gasteiger partial charge in [0.1, 0.15) is 0 Å². The Bertz CT molecular complexity index is 318. The van der Waals surface area contributed by atoms with Crippen LogP contribution in [0.15, 0.2) is 18.2 Å². The molecule has 68 valence electrons. The zero-order valence-electron chi connectivity index (χ0n) is 7.47. The molecule has 1 N–H and O–H groups in total. The van der Waals surface area contributed by atoms with Crippen LogP contribution in [0.5, 0.6) is 0 Å². The average molecular weight is 342 g/mol. The van der Waals surface area contributed by atoms with Crippen molar-refractivity contribution >= 4 is 0 Å². The normalized spacial score (nSPS) is 21.8. The molecule has 0 saturated heterocycles. The largest absolute Gasteiger partial charge is 0.310 e. The fourth-order valence-electron chi connectivity index (χ4n) is 2.24. The fourth-order valence-corrected chi connectivity index (χ4v) is 2.24. The summed E-state index contributed by atoms with van der Waals surface area (Å²) in [7, 11) is 0. The molecular formula is C11H12NW-. The maximum Gasteiger partial charge on any atom is 0.0217 e. The van der Waals surface area contributed by atoms with E-state index < -0.39 is 0 Å². The van der Waals surface area contributed by atoms with Gasteiger partial charge in [-0.2, -0.15) is 24.3 Å². The third kappa shape index (κ3) is 1.39. The Kier molecular flexibility index (Phi) is 2.33. The van der Waals surface area contributed by atoms with E-state index in [1.807, 2.05) is 6.07 Å². The van der Waals surface area contributed by atoms with Crippen LogP contribution in [0, 0.1) is 6.07 Å². The van der Waals surface area contributed by atoms with Crippen molar-refractivity contribution in [3.05, 3.63) is 35.4 Å². The molecule has 0 aromatic heterocycles. The second-order valence-corrected chi connectivity index (χ2v) is 3.84. The topological polar surface area (TPSA) is 12.0 Å². The molecule has 1 spiro atoms. The molecule has 1 nitrogen and oxygen atoms in total. The zero-order chi connectivity index (χ0) is 8.02. The minimum atomic E-state index is 0. The van der Waals surface area contributed by atoms with Crippen LogP contribution in [-0.4, -0.2) is 6.54 Å². The maximum absolute atomic E-state index is 3.61. The number of nitrogens with one attached hydrogen (secondary N) is 1. The minimum Gasteiger partial charge on any atom is -0.310 e. The maximum atomic E-state index is 3.61. The van der Waals surface area contributed by atoms with Crippen LogP contribution in [0.2, 0.25) is 0 Å². The Morgan fingerprint density at radius 3 is 3.00 bits per heavy atom. The van der Waals surface area contributed by atoms with E-state index in [9.17, 15) is 0 Å². The predicted molar refractivity (Wildman–Crippen MR) is 47.9 cm³/mol. The zero-order valence-corrected chi connectivity index (χ0v) is 10.4. The smallest absolute Gasteiger partial charge is 0.0217 e. The Labute approximate surface area is 93.2 Å². The molecule has 1 aromatic rings. The Morgan fingerprint density at radius 2 is 2.23 bits per heavy atom. The second-order valence-electron chi connectivity index (χ2n) is 3.84. The molecule has 1 saturated carbocycles. The van der Waals surface area contributed by atoms with Gasteiger partial charge >= 0.3 is 0 Å². The van der Waals surface area contributed by atoms with Crippen LogP contribution in [0.25, 0.3) is 0 Å². The molecule has 0 bridgehead atoms. The molecule has 3 rings (SSSR count). The molecule has 0 atom stereocenters. The van der Waals surface area contributed by atoms with E-state index in [1.54, 1.807) is 0 Å². The molecule has 0 amide bonds. The van der Waals surface area contributed by atoms with E-state index in [1.165, 1.54) is 30.4 Å². The quantitative estimate of drug-likeness (QED) is 0.707. The summed E-state index contributed by atoms with van der Waals surface area (Å²) in [5, 5.41) is 3.61. The fraction of sp³-hybridized carbons (Fsp3) is 0.455. The third-order valence-electron chi connectivity index (χ3n) is 3.07. The second kappa shape index (κ2) is 3.22. The van der Waals surface area contributed by atoms with E-state index in [4.69, 9.17) is 0 Å². The van der Waals surface area contributed by atoms with Crippen LogP contribution in [0.4, 0.5) is 0 Å². The van der Waals surface area contributed by atoms with Gasteiger partial charge in [-0.15, -0.1) is 11.1 Å². The summed E-state index contributed by atoms with van der Waals surface area (Å²) >= 11 is 0. The summed E-state index contributed by atoms with van der Waals surface area (Å²) in [5.41, 5.74) is 3.43. The Hall–Kier alpha value is -0.132. The van der Waals surface area contributed by atoms with Gasteiger partial charge in [0, 0.05) is 26.6 Å². The molecule has 1 aromatic carbocycles. The number of fused-ring (bicyclic) bond motifs is 2. The van der Waals surface area contributed by atoms with Gasteiger partial charge in [0.15, 0.2) is 0 Å². The van der Waals surface area contributed by atoms with E-state index in [2.05, 4.69) is 23.5 Å². The van der Waals surface area contributed by atoms with Gasteiger partial charge in [-0.1, -0.05) is 6.42 Å². The summed E-state index contributed by atoms with van der Waals surface area (Å²) in [6.45, 7) is 1.14. The molecule has 0 unspecified atom stereocenters. The molecule has 2 aliphatic rings. The van der Waals surface area contributed by atoms with Gasteiger partial charge in [0.25, 0.3) is 0 Å².